The second-order valence-electron chi connectivity index (χ2n) is 4.35. The molecule has 0 unspecified atom stereocenters. The normalized spacial score (nSPS) is 11.4. The van der Waals surface area contributed by atoms with Crippen LogP contribution in [0.5, 0.6) is 0 Å². The number of anilines is 1. The standard InChI is InChI=1S/C13H13F3N4O/c14-13(15,16)11-4-5-20(19-11)8-12(21)18-10-3-1-2-9(6-10)7-17/h1-6H,7-8,17H2,(H,18,21). The third-order valence-electron chi connectivity index (χ3n) is 2.68. The Hall–Kier alpha value is -2.35. The van der Waals surface area contributed by atoms with Crippen molar-refractivity contribution in [3.8, 4) is 0 Å². The Kier molecular flexibility index (Phi) is 4.27. The van der Waals surface area contributed by atoms with E-state index in [4.69, 9.17) is 5.73 Å². The van der Waals surface area contributed by atoms with Crippen LogP contribution in [0.1, 0.15) is 11.3 Å². The van der Waals surface area contributed by atoms with E-state index in [2.05, 4.69) is 10.4 Å². The van der Waals surface area contributed by atoms with Gasteiger partial charge in [0.25, 0.3) is 0 Å². The van der Waals surface area contributed by atoms with Crippen molar-refractivity contribution in [1.82, 2.24) is 9.78 Å². The van der Waals surface area contributed by atoms with Crippen LogP contribution in [0.2, 0.25) is 0 Å². The fourth-order valence-corrected chi connectivity index (χ4v) is 1.72. The molecule has 0 aliphatic carbocycles. The number of aromatic nitrogens is 2. The summed E-state index contributed by atoms with van der Waals surface area (Å²) in [6.45, 7) is 0.0285. The third-order valence-corrected chi connectivity index (χ3v) is 2.68. The Morgan fingerprint density at radius 3 is 2.71 bits per heavy atom. The van der Waals surface area contributed by atoms with Crippen molar-refractivity contribution in [3.63, 3.8) is 0 Å². The summed E-state index contributed by atoms with van der Waals surface area (Å²) in [5, 5.41) is 5.88. The monoisotopic (exact) mass is 298 g/mol. The fourth-order valence-electron chi connectivity index (χ4n) is 1.72. The van der Waals surface area contributed by atoms with Crippen molar-refractivity contribution < 1.29 is 18.0 Å². The molecule has 0 aliphatic heterocycles. The molecule has 0 radical (unpaired) electrons. The maximum Gasteiger partial charge on any atom is 0.435 e. The van der Waals surface area contributed by atoms with Gasteiger partial charge in [-0.1, -0.05) is 12.1 Å². The Morgan fingerprint density at radius 2 is 2.10 bits per heavy atom. The molecule has 1 amide bonds. The molecule has 0 saturated carbocycles. The average Bonchev–Trinajstić information content (AvgIpc) is 2.87. The van der Waals surface area contributed by atoms with Gasteiger partial charge in [0.05, 0.1) is 0 Å². The highest BCUT2D eigenvalue weighted by molar-refractivity contribution is 5.90. The minimum Gasteiger partial charge on any atom is -0.326 e. The minimum atomic E-state index is -4.52. The van der Waals surface area contributed by atoms with E-state index in [0.29, 0.717) is 12.2 Å². The first-order valence-corrected chi connectivity index (χ1v) is 6.08. The van der Waals surface area contributed by atoms with Crippen molar-refractivity contribution in [3.05, 3.63) is 47.8 Å². The maximum absolute atomic E-state index is 12.4. The largest absolute Gasteiger partial charge is 0.435 e. The Bertz CT molecular complexity index is 636. The quantitative estimate of drug-likeness (QED) is 0.906. The van der Waals surface area contributed by atoms with Crippen LogP contribution < -0.4 is 11.1 Å². The van der Waals surface area contributed by atoms with Gasteiger partial charge in [0.1, 0.15) is 6.54 Å². The molecule has 21 heavy (non-hydrogen) atoms. The molecule has 0 bridgehead atoms. The topological polar surface area (TPSA) is 72.9 Å². The Morgan fingerprint density at radius 1 is 1.33 bits per heavy atom. The lowest BCUT2D eigenvalue weighted by Gasteiger charge is -2.07. The van der Waals surface area contributed by atoms with E-state index >= 15 is 0 Å². The number of hydrogen-bond donors (Lipinski definition) is 2. The van der Waals surface area contributed by atoms with Gasteiger partial charge in [-0.3, -0.25) is 9.48 Å². The second-order valence-corrected chi connectivity index (χ2v) is 4.35. The van der Waals surface area contributed by atoms with Crippen molar-refractivity contribution in [2.75, 3.05) is 5.32 Å². The molecule has 0 spiro atoms. The number of alkyl halides is 3. The first-order chi connectivity index (χ1) is 9.88. The van der Waals surface area contributed by atoms with Gasteiger partial charge in [0.2, 0.25) is 5.91 Å². The lowest BCUT2D eigenvalue weighted by Crippen LogP contribution is -2.20. The van der Waals surface area contributed by atoms with Gasteiger partial charge in [-0.15, -0.1) is 0 Å². The van der Waals surface area contributed by atoms with Crippen LogP contribution in [0, 0.1) is 0 Å². The van der Waals surface area contributed by atoms with Crippen LogP contribution >= 0.6 is 0 Å². The summed E-state index contributed by atoms with van der Waals surface area (Å²) in [4.78, 5) is 11.8. The number of hydrogen-bond acceptors (Lipinski definition) is 3. The van der Waals surface area contributed by atoms with E-state index in [1.54, 1.807) is 24.3 Å². The number of nitrogens with zero attached hydrogens (tertiary/aromatic N) is 2. The lowest BCUT2D eigenvalue weighted by molar-refractivity contribution is -0.141. The van der Waals surface area contributed by atoms with Gasteiger partial charge in [-0.05, 0) is 23.8 Å². The number of amides is 1. The first kappa shape index (κ1) is 15.0. The van der Waals surface area contributed by atoms with Crippen LogP contribution in [-0.4, -0.2) is 15.7 Å². The first-order valence-electron chi connectivity index (χ1n) is 6.08. The molecule has 0 fully saturated rings. The van der Waals surface area contributed by atoms with Crippen molar-refractivity contribution >= 4 is 11.6 Å². The summed E-state index contributed by atoms with van der Waals surface area (Å²) in [7, 11) is 0. The summed E-state index contributed by atoms with van der Waals surface area (Å²) >= 11 is 0. The zero-order chi connectivity index (χ0) is 15.5. The van der Waals surface area contributed by atoms with Crippen LogP contribution in [-0.2, 0) is 24.1 Å². The molecule has 1 aromatic heterocycles. The molecule has 3 N–H and O–H groups in total. The molecule has 0 atom stereocenters. The highest BCUT2D eigenvalue weighted by Crippen LogP contribution is 2.27. The highest BCUT2D eigenvalue weighted by Gasteiger charge is 2.33. The van der Waals surface area contributed by atoms with Crippen LogP contribution in [0.15, 0.2) is 36.5 Å². The Labute approximate surface area is 118 Å². The van der Waals surface area contributed by atoms with E-state index in [0.717, 1.165) is 22.5 Å². The molecule has 2 rings (SSSR count). The molecule has 1 aromatic carbocycles. The fraction of sp³-hybridized carbons (Fsp3) is 0.231. The summed E-state index contributed by atoms with van der Waals surface area (Å²) < 4.78 is 38.1. The molecule has 1 heterocycles. The molecule has 8 heteroatoms. The van der Waals surface area contributed by atoms with Crippen molar-refractivity contribution in [2.45, 2.75) is 19.3 Å². The van der Waals surface area contributed by atoms with E-state index in [1.807, 2.05) is 0 Å². The van der Waals surface area contributed by atoms with Gasteiger partial charge in [0, 0.05) is 18.4 Å². The van der Waals surface area contributed by atoms with Crippen LogP contribution in [0.4, 0.5) is 18.9 Å². The van der Waals surface area contributed by atoms with E-state index in [1.165, 1.54) is 0 Å². The van der Waals surface area contributed by atoms with Gasteiger partial charge in [-0.25, -0.2) is 0 Å². The number of nitrogens with one attached hydrogen (secondary N) is 1. The summed E-state index contributed by atoms with van der Waals surface area (Å²) in [6, 6.07) is 7.72. The molecular weight excluding hydrogens is 285 g/mol. The molecule has 2 aromatic rings. The summed E-state index contributed by atoms with van der Waals surface area (Å²) in [6.07, 6.45) is -3.41. The van der Waals surface area contributed by atoms with Gasteiger partial charge >= 0.3 is 6.18 Å². The number of carbonyl (C=O) groups excluding carboxylic acids is 1. The van der Waals surface area contributed by atoms with Crippen molar-refractivity contribution in [1.29, 1.82) is 0 Å². The van der Waals surface area contributed by atoms with Gasteiger partial charge in [0.15, 0.2) is 5.69 Å². The smallest absolute Gasteiger partial charge is 0.326 e. The number of benzene rings is 1. The summed E-state index contributed by atoms with van der Waals surface area (Å²) in [5.41, 5.74) is 5.83. The number of nitrogens with two attached hydrogens (primary N) is 1. The second kappa shape index (κ2) is 5.96. The van der Waals surface area contributed by atoms with Crippen LogP contribution in [0.25, 0.3) is 0 Å². The number of carbonyl (C=O) groups is 1. The zero-order valence-electron chi connectivity index (χ0n) is 10.9. The molecular formula is C13H13F3N4O. The lowest BCUT2D eigenvalue weighted by atomic mass is 10.2. The zero-order valence-corrected chi connectivity index (χ0v) is 10.9. The van der Waals surface area contributed by atoms with Gasteiger partial charge < -0.3 is 11.1 Å². The van der Waals surface area contributed by atoms with Crippen molar-refractivity contribution in [2.24, 2.45) is 5.73 Å². The Balaban J connectivity index is 2.00. The average molecular weight is 298 g/mol. The number of rotatable bonds is 4. The predicted octanol–water partition coefficient (Wildman–Crippen LogP) is 2.00. The maximum atomic E-state index is 12.4. The third kappa shape index (κ3) is 4.06. The molecule has 112 valence electrons. The molecule has 0 saturated heterocycles. The highest BCUT2D eigenvalue weighted by atomic mass is 19.4. The predicted molar refractivity (Wildman–Crippen MR) is 70.2 cm³/mol. The van der Waals surface area contributed by atoms with E-state index in [9.17, 15) is 18.0 Å². The molecule has 5 nitrogen and oxygen atoms in total. The minimum absolute atomic E-state index is 0.303. The number of halogens is 3. The van der Waals surface area contributed by atoms with Crippen LogP contribution in [0.3, 0.4) is 0 Å². The van der Waals surface area contributed by atoms with E-state index < -0.39 is 17.8 Å². The summed E-state index contributed by atoms with van der Waals surface area (Å²) in [5.74, 6) is -0.471. The van der Waals surface area contributed by atoms with E-state index in [-0.39, 0.29) is 6.54 Å². The molecule has 0 aliphatic rings. The van der Waals surface area contributed by atoms with Gasteiger partial charge in [-0.2, -0.15) is 18.3 Å². The SMILES string of the molecule is NCc1cccc(NC(=O)Cn2ccc(C(F)(F)F)n2)c1.